The lowest BCUT2D eigenvalue weighted by molar-refractivity contribution is 0.881. The molecule has 1 heterocycles. The first-order valence-electron chi connectivity index (χ1n) is 4.37. The van der Waals surface area contributed by atoms with Crippen LogP contribution in [-0.2, 0) is 0 Å². The summed E-state index contributed by atoms with van der Waals surface area (Å²) in [4.78, 5) is 0. The number of thioether (sulfide) groups is 1. The first-order chi connectivity index (χ1) is 6.27. The smallest absolute Gasteiger partial charge is 0.0490 e. The maximum absolute atomic E-state index is 3.59. The topological polar surface area (TPSA) is 12.0 Å². The van der Waals surface area contributed by atoms with Gasteiger partial charge in [0.15, 0.2) is 0 Å². The van der Waals surface area contributed by atoms with Gasteiger partial charge in [0.05, 0.1) is 0 Å². The molecular weight excluding hydrogens is 246 g/mol. The van der Waals surface area contributed by atoms with Crippen molar-refractivity contribution in [1.29, 1.82) is 0 Å². The number of hydrogen-bond acceptors (Lipinski definition) is 2. The SMILES string of the molecule is Cc1cccc(NC2CSC2)c1Br. The van der Waals surface area contributed by atoms with Crippen LogP contribution in [0.1, 0.15) is 5.56 Å². The average molecular weight is 258 g/mol. The summed E-state index contributed by atoms with van der Waals surface area (Å²) in [6, 6.07) is 7.00. The summed E-state index contributed by atoms with van der Waals surface area (Å²) in [6.45, 7) is 2.12. The van der Waals surface area contributed by atoms with Crippen LogP contribution in [-0.4, -0.2) is 17.5 Å². The highest BCUT2D eigenvalue weighted by molar-refractivity contribution is 9.10. The van der Waals surface area contributed by atoms with E-state index in [2.05, 4.69) is 46.4 Å². The highest BCUT2D eigenvalue weighted by atomic mass is 79.9. The summed E-state index contributed by atoms with van der Waals surface area (Å²) in [6.07, 6.45) is 0. The molecule has 0 spiro atoms. The summed E-state index contributed by atoms with van der Waals surface area (Å²) in [5.74, 6) is 2.47. The van der Waals surface area contributed by atoms with E-state index in [1.165, 1.54) is 27.2 Å². The maximum atomic E-state index is 3.59. The largest absolute Gasteiger partial charge is 0.380 e. The fraction of sp³-hybridized carbons (Fsp3) is 0.400. The predicted octanol–water partition coefficient (Wildman–Crippen LogP) is 3.28. The molecule has 0 bridgehead atoms. The van der Waals surface area contributed by atoms with Crippen molar-refractivity contribution >= 4 is 33.4 Å². The maximum Gasteiger partial charge on any atom is 0.0490 e. The van der Waals surface area contributed by atoms with Gasteiger partial charge in [-0.05, 0) is 34.5 Å². The number of halogens is 1. The Balaban J connectivity index is 2.14. The lowest BCUT2D eigenvalue weighted by Crippen LogP contribution is -2.33. The van der Waals surface area contributed by atoms with E-state index in [0.29, 0.717) is 6.04 Å². The third-order valence-electron chi connectivity index (χ3n) is 2.19. The van der Waals surface area contributed by atoms with Crippen LogP contribution in [0.15, 0.2) is 22.7 Å². The fourth-order valence-corrected chi connectivity index (χ4v) is 2.31. The Morgan fingerprint density at radius 3 is 2.85 bits per heavy atom. The van der Waals surface area contributed by atoms with Gasteiger partial charge in [0.25, 0.3) is 0 Å². The van der Waals surface area contributed by atoms with E-state index in [9.17, 15) is 0 Å². The molecule has 1 fully saturated rings. The molecule has 0 atom stereocenters. The van der Waals surface area contributed by atoms with Crippen molar-refractivity contribution in [2.75, 3.05) is 16.8 Å². The molecule has 1 nitrogen and oxygen atoms in total. The highest BCUT2D eigenvalue weighted by Crippen LogP contribution is 2.29. The minimum atomic E-state index is 0.670. The van der Waals surface area contributed by atoms with Crippen molar-refractivity contribution in [3.63, 3.8) is 0 Å². The van der Waals surface area contributed by atoms with Crippen LogP contribution >= 0.6 is 27.7 Å². The molecule has 3 heteroatoms. The lowest BCUT2D eigenvalue weighted by atomic mass is 10.2. The third-order valence-corrected chi connectivity index (χ3v) is 4.52. The van der Waals surface area contributed by atoms with Gasteiger partial charge < -0.3 is 5.32 Å². The molecule has 70 valence electrons. The Bertz CT molecular complexity index is 310. The second-order valence-corrected chi connectivity index (χ2v) is 5.18. The first kappa shape index (κ1) is 9.41. The van der Waals surface area contributed by atoms with Crippen LogP contribution in [0.2, 0.25) is 0 Å². The van der Waals surface area contributed by atoms with Gasteiger partial charge in [-0.1, -0.05) is 12.1 Å². The zero-order valence-electron chi connectivity index (χ0n) is 7.51. The van der Waals surface area contributed by atoms with Crippen molar-refractivity contribution in [2.24, 2.45) is 0 Å². The van der Waals surface area contributed by atoms with E-state index in [0.717, 1.165) is 0 Å². The third kappa shape index (κ3) is 2.02. The molecule has 13 heavy (non-hydrogen) atoms. The number of nitrogens with one attached hydrogen (secondary N) is 1. The molecule has 1 N–H and O–H groups in total. The van der Waals surface area contributed by atoms with Gasteiger partial charge in [-0.2, -0.15) is 11.8 Å². The summed E-state index contributed by atoms with van der Waals surface area (Å²) < 4.78 is 1.20. The Labute approximate surface area is 91.4 Å². The van der Waals surface area contributed by atoms with Crippen LogP contribution in [0.25, 0.3) is 0 Å². The molecule has 0 aliphatic carbocycles. The number of rotatable bonds is 2. The molecule has 1 aromatic carbocycles. The number of benzene rings is 1. The first-order valence-corrected chi connectivity index (χ1v) is 6.31. The number of aryl methyl sites for hydroxylation is 1. The van der Waals surface area contributed by atoms with E-state index in [1.807, 2.05) is 11.8 Å². The molecule has 2 rings (SSSR count). The highest BCUT2D eigenvalue weighted by Gasteiger charge is 2.18. The van der Waals surface area contributed by atoms with Crippen LogP contribution < -0.4 is 5.32 Å². The summed E-state index contributed by atoms with van der Waals surface area (Å²) in [5.41, 5.74) is 2.52. The molecule has 0 radical (unpaired) electrons. The average Bonchev–Trinajstić information content (AvgIpc) is 2.04. The molecule has 1 aromatic rings. The summed E-state index contributed by atoms with van der Waals surface area (Å²) in [7, 11) is 0. The van der Waals surface area contributed by atoms with Crippen molar-refractivity contribution in [2.45, 2.75) is 13.0 Å². The minimum absolute atomic E-state index is 0.670. The van der Waals surface area contributed by atoms with Crippen LogP contribution in [0.5, 0.6) is 0 Å². The van der Waals surface area contributed by atoms with Gasteiger partial charge in [0, 0.05) is 27.7 Å². The summed E-state index contributed by atoms with van der Waals surface area (Å²) >= 11 is 5.59. The second-order valence-electron chi connectivity index (χ2n) is 3.32. The summed E-state index contributed by atoms with van der Waals surface area (Å²) in [5, 5.41) is 3.52. The molecule has 0 aromatic heterocycles. The second kappa shape index (κ2) is 3.93. The van der Waals surface area contributed by atoms with Crippen LogP contribution in [0.3, 0.4) is 0 Å². The Morgan fingerprint density at radius 1 is 1.46 bits per heavy atom. The molecular formula is C10H12BrNS. The quantitative estimate of drug-likeness (QED) is 0.873. The van der Waals surface area contributed by atoms with Crippen molar-refractivity contribution in [3.05, 3.63) is 28.2 Å². The molecule has 0 amide bonds. The van der Waals surface area contributed by atoms with Gasteiger partial charge in [-0.25, -0.2) is 0 Å². The van der Waals surface area contributed by atoms with Gasteiger partial charge >= 0.3 is 0 Å². The van der Waals surface area contributed by atoms with Crippen LogP contribution in [0, 0.1) is 6.92 Å². The Kier molecular flexibility index (Phi) is 2.84. The Morgan fingerprint density at radius 2 is 2.23 bits per heavy atom. The fourth-order valence-electron chi connectivity index (χ4n) is 1.30. The monoisotopic (exact) mass is 257 g/mol. The van der Waals surface area contributed by atoms with E-state index in [4.69, 9.17) is 0 Å². The van der Waals surface area contributed by atoms with Crippen molar-refractivity contribution in [1.82, 2.24) is 0 Å². The van der Waals surface area contributed by atoms with E-state index < -0.39 is 0 Å². The zero-order valence-corrected chi connectivity index (χ0v) is 9.91. The number of hydrogen-bond donors (Lipinski definition) is 1. The van der Waals surface area contributed by atoms with Gasteiger partial charge in [-0.15, -0.1) is 0 Å². The van der Waals surface area contributed by atoms with E-state index in [1.54, 1.807) is 0 Å². The normalized spacial score (nSPS) is 16.8. The predicted molar refractivity (Wildman–Crippen MR) is 63.6 cm³/mol. The molecule has 1 aliphatic rings. The van der Waals surface area contributed by atoms with E-state index >= 15 is 0 Å². The molecule has 0 saturated carbocycles. The van der Waals surface area contributed by atoms with Crippen molar-refractivity contribution in [3.8, 4) is 0 Å². The van der Waals surface area contributed by atoms with Crippen molar-refractivity contribution < 1.29 is 0 Å². The molecule has 0 unspecified atom stereocenters. The van der Waals surface area contributed by atoms with Gasteiger partial charge in [0.2, 0.25) is 0 Å². The minimum Gasteiger partial charge on any atom is -0.380 e. The number of anilines is 1. The van der Waals surface area contributed by atoms with Crippen LogP contribution in [0.4, 0.5) is 5.69 Å². The molecule has 1 aliphatic heterocycles. The van der Waals surface area contributed by atoms with E-state index in [-0.39, 0.29) is 0 Å². The standard InChI is InChI=1S/C10H12BrNS/c1-7-3-2-4-9(10(7)11)12-8-5-13-6-8/h2-4,8,12H,5-6H2,1H3. The lowest BCUT2D eigenvalue weighted by Gasteiger charge is -2.27. The zero-order chi connectivity index (χ0) is 9.26. The van der Waals surface area contributed by atoms with Gasteiger partial charge in [0.1, 0.15) is 0 Å². The molecule has 1 saturated heterocycles. The van der Waals surface area contributed by atoms with Gasteiger partial charge in [-0.3, -0.25) is 0 Å². The Hall–Kier alpha value is -0.150.